The molecule has 2 heteroatoms. The summed E-state index contributed by atoms with van der Waals surface area (Å²) in [6.07, 6.45) is 10.5. The van der Waals surface area contributed by atoms with Gasteiger partial charge in [-0.2, -0.15) is 11.8 Å². The van der Waals surface area contributed by atoms with Crippen LogP contribution < -0.4 is 5.73 Å². The summed E-state index contributed by atoms with van der Waals surface area (Å²) < 4.78 is 0. The molecule has 0 unspecified atom stereocenters. The van der Waals surface area contributed by atoms with Crippen LogP contribution in [0, 0.1) is 11.3 Å². The molecule has 0 aromatic rings. The molecule has 84 valence electrons. The average Bonchev–Trinajstić information content (AvgIpc) is 2.22. The molecule has 0 radical (unpaired) electrons. The van der Waals surface area contributed by atoms with Crippen LogP contribution in [0.5, 0.6) is 0 Å². The first kappa shape index (κ1) is 12.4. The lowest BCUT2D eigenvalue weighted by atomic mass is 9.68. The maximum Gasteiger partial charge on any atom is -0.00205 e. The third-order valence-corrected chi connectivity index (χ3v) is 4.52. The summed E-state index contributed by atoms with van der Waals surface area (Å²) in [4.78, 5) is 0. The Kier molecular flexibility index (Phi) is 5.32. The van der Waals surface area contributed by atoms with Gasteiger partial charge < -0.3 is 5.73 Å². The average molecular weight is 215 g/mol. The van der Waals surface area contributed by atoms with Gasteiger partial charge in [0.1, 0.15) is 0 Å². The summed E-state index contributed by atoms with van der Waals surface area (Å²) in [5, 5.41) is 0. The summed E-state index contributed by atoms with van der Waals surface area (Å²) in [7, 11) is 0. The lowest BCUT2D eigenvalue weighted by Gasteiger charge is -2.38. The molecule has 1 aliphatic rings. The predicted octanol–water partition coefficient (Wildman–Crippen LogP) is 3.28. The normalized spacial score (nSPS) is 33.2. The Morgan fingerprint density at radius 1 is 1.36 bits per heavy atom. The first-order chi connectivity index (χ1) is 6.72. The minimum Gasteiger partial charge on any atom is -0.330 e. The van der Waals surface area contributed by atoms with E-state index in [-0.39, 0.29) is 0 Å². The Labute approximate surface area is 93.2 Å². The van der Waals surface area contributed by atoms with E-state index in [1.165, 1.54) is 44.3 Å². The molecule has 0 aromatic heterocycles. The van der Waals surface area contributed by atoms with E-state index in [9.17, 15) is 0 Å². The standard InChI is InChI=1S/C12H25NS/c1-11-4-7-12(10-13,8-5-11)6-3-9-14-2/h11H,3-10,13H2,1-2H3. The molecule has 1 rings (SSSR count). The van der Waals surface area contributed by atoms with Crippen molar-refractivity contribution in [1.82, 2.24) is 0 Å². The molecule has 0 aromatic carbocycles. The van der Waals surface area contributed by atoms with Crippen LogP contribution in [-0.4, -0.2) is 18.6 Å². The van der Waals surface area contributed by atoms with Crippen molar-refractivity contribution in [2.24, 2.45) is 17.1 Å². The number of thioether (sulfide) groups is 1. The molecule has 0 atom stereocenters. The molecule has 0 aliphatic heterocycles. The van der Waals surface area contributed by atoms with Crippen LogP contribution >= 0.6 is 11.8 Å². The van der Waals surface area contributed by atoms with Gasteiger partial charge in [-0.25, -0.2) is 0 Å². The Morgan fingerprint density at radius 3 is 2.50 bits per heavy atom. The molecular weight excluding hydrogens is 190 g/mol. The number of hydrogen-bond donors (Lipinski definition) is 1. The van der Waals surface area contributed by atoms with Crippen molar-refractivity contribution in [3.05, 3.63) is 0 Å². The maximum absolute atomic E-state index is 5.96. The first-order valence-electron chi connectivity index (χ1n) is 5.91. The molecule has 1 fully saturated rings. The molecule has 1 nitrogen and oxygen atoms in total. The summed E-state index contributed by atoms with van der Waals surface area (Å²) in [5.74, 6) is 2.24. The molecule has 0 bridgehead atoms. The van der Waals surface area contributed by atoms with Crippen LogP contribution in [0.1, 0.15) is 45.4 Å². The molecule has 1 saturated carbocycles. The molecular formula is C12H25NS. The molecule has 1 aliphatic carbocycles. The van der Waals surface area contributed by atoms with Gasteiger partial charge in [0.2, 0.25) is 0 Å². The van der Waals surface area contributed by atoms with Crippen molar-refractivity contribution >= 4 is 11.8 Å². The molecule has 14 heavy (non-hydrogen) atoms. The number of rotatable bonds is 5. The summed E-state index contributed by atoms with van der Waals surface area (Å²) in [6.45, 7) is 3.29. The van der Waals surface area contributed by atoms with Crippen molar-refractivity contribution in [1.29, 1.82) is 0 Å². The molecule has 0 saturated heterocycles. The summed E-state index contributed by atoms with van der Waals surface area (Å²) in [6, 6.07) is 0. The molecule has 2 N–H and O–H groups in total. The van der Waals surface area contributed by atoms with E-state index in [0.29, 0.717) is 5.41 Å². The summed E-state index contributed by atoms with van der Waals surface area (Å²) in [5.41, 5.74) is 6.48. The van der Waals surface area contributed by atoms with E-state index >= 15 is 0 Å². The van der Waals surface area contributed by atoms with Crippen molar-refractivity contribution in [2.75, 3.05) is 18.6 Å². The van der Waals surface area contributed by atoms with Crippen molar-refractivity contribution < 1.29 is 0 Å². The second-order valence-electron chi connectivity index (χ2n) is 4.98. The number of hydrogen-bond acceptors (Lipinski definition) is 2. The van der Waals surface area contributed by atoms with Crippen molar-refractivity contribution in [3.8, 4) is 0 Å². The second kappa shape index (κ2) is 6.02. The Balaban J connectivity index is 2.34. The Morgan fingerprint density at radius 2 is 2.00 bits per heavy atom. The predicted molar refractivity (Wildman–Crippen MR) is 66.7 cm³/mol. The third-order valence-electron chi connectivity index (χ3n) is 3.82. The monoisotopic (exact) mass is 215 g/mol. The van der Waals surface area contributed by atoms with Gasteiger partial charge in [0, 0.05) is 0 Å². The smallest absolute Gasteiger partial charge is 0.00205 e. The highest BCUT2D eigenvalue weighted by atomic mass is 32.2. The fourth-order valence-electron chi connectivity index (χ4n) is 2.52. The second-order valence-corrected chi connectivity index (χ2v) is 5.97. The van der Waals surface area contributed by atoms with E-state index in [4.69, 9.17) is 5.73 Å². The van der Waals surface area contributed by atoms with Gasteiger partial charge in [-0.3, -0.25) is 0 Å². The van der Waals surface area contributed by atoms with Crippen molar-refractivity contribution in [3.63, 3.8) is 0 Å². The lowest BCUT2D eigenvalue weighted by molar-refractivity contribution is 0.150. The molecule has 0 heterocycles. The highest BCUT2D eigenvalue weighted by molar-refractivity contribution is 7.98. The topological polar surface area (TPSA) is 26.0 Å². The van der Waals surface area contributed by atoms with Gasteiger partial charge in [-0.15, -0.1) is 0 Å². The van der Waals surface area contributed by atoms with Gasteiger partial charge in [0.05, 0.1) is 0 Å². The van der Waals surface area contributed by atoms with Crippen LogP contribution in [0.15, 0.2) is 0 Å². The maximum atomic E-state index is 5.96. The lowest BCUT2D eigenvalue weighted by Crippen LogP contribution is -2.34. The Hall–Kier alpha value is 0.310. The zero-order valence-corrected chi connectivity index (χ0v) is 10.5. The highest BCUT2D eigenvalue weighted by Crippen LogP contribution is 2.41. The Bertz CT molecular complexity index is 150. The SMILES string of the molecule is CSCCCC1(CN)CCC(C)CC1. The molecule has 0 amide bonds. The largest absolute Gasteiger partial charge is 0.330 e. The fourth-order valence-corrected chi connectivity index (χ4v) is 2.96. The highest BCUT2D eigenvalue weighted by Gasteiger charge is 2.31. The van der Waals surface area contributed by atoms with Gasteiger partial charge in [-0.05, 0) is 55.6 Å². The van der Waals surface area contributed by atoms with Gasteiger partial charge in [0.25, 0.3) is 0 Å². The van der Waals surface area contributed by atoms with Crippen LogP contribution in [0.2, 0.25) is 0 Å². The van der Waals surface area contributed by atoms with E-state index in [2.05, 4.69) is 13.2 Å². The van der Waals surface area contributed by atoms with Gasteiger partial charge in [-0.1, -0.05) is 19.8 Å². The third kappa shape index (κ3) is 3.47. The van der Waals surface area contributed by atoms with Gasteiger partial charge >= 0.3 is 0 Å². The minimum absolute atomic E-state index is 0.516. The zero-order chi connectivity index (χ0) is 10.4. The summed E-state index contributed by atoms with van der Waals surface area (Å²) >= 11 is 1.96. The van der Waals surface area contributed by atoms with Crippen LogP contribution in [-0.2, 0) is 0 Å². The quantitative estimate of drug-likeness (QED) is 0.712. The van der Waals surface area contributed by atoms with Crippen LogP contribution in [0.4, 0.5) is 0 Å². The van der Waals surface area contributed by atoms with Gasteiger partial charge in [0.15, 0.2) is 0 Å². The van der Waals surface area contributed by atoms with Crippen LogP contribution in [0.3, 0.4) is 0 Å². The van der Waals surface area contributed by atoms with E-state index in [1.54, 1.807) is 0 Å². The van der Waals surface area contributed by atoms with Crippen LogP contribution in [0.25, 0.3) is 0 Å². The minimum atomic E-state index is 0.516. The van der Waals surface area contributed by atoms with E-state index in [0.717, 1.165) is 12.5 Å². The molecule has 0 spiro atoms. The first-order valence-corrected chi connectivity index (χ1v) is 7.31. The number of nitrogens with two attached hydrogens (primary N) is 1. The van der Waals surface area contributed by atoms with E-state index in [1.807, 2.05) is 11.8 Å². The fraction of sp³-hybridized carbons (Fsp3) is 1.00. The van der Waals surface area contributed by atoms with E-state index < -0.39 is 0 Å². The zero-order valence-electron chi connectivity index (χ0n) is 9.72. The van der Waals surface area contributed by atoms with Crippen molar-refractivity contribution in [2.45, 2.75) is 45.4 Å².